The molecule has 3 rings (SSSR count). The summed E-state index contributed by atoms with van der Waals surface area (Å²) in [6.07, 6.45) is 0. The van der Waals surface area contributed by atoms with Crippen molar-refractivity contribution in [2.75, 3.05) is 14.2 Å². The number of aryl methyl sites for hydroxylation is 1. The highest BCUT2D eigenvalue weighted by Gasteiger charge is 2.17. The summed E-state index contributed by atoms with van der Waals surface area (Å²) < 4.78 is 21.8. The van der Waals surface area contributed by atoms with Gasteiger partial charge in [-0.15, -0.1) is 0 Å². The molecular formula is C19H20N2O4. The Morgan fingerprint density at radius 3 is 2.44 bits per heavy atom. The van der Waals surface area contributed by atoms with Crippen molar-refractivity contribution in [1.82, 2.24) is 10.1 Å². The van der Waals surface area contributed by atoms with Crippen molar-refractivity contribution in [2.24, 2.45) is 0 Å². The normalized spacial score (nSPS) is 10.7. The van der Waals surface area contributed by atoms with Crippen LogP contribution < -0.4 is 9.47 Å². The van der Waals surface area contributed by atoms with E-state index in [0.29, 0.717) is 36.4 Å². The molecule has 1 aromatic heterocycles. The molecule has 0 N–H and O–H groups in total. The lowest BCUT2D eigenvalue weighted by molar-refractivity contribution is 0.184. The molecule has 0 atom stereocenters. The van der Waals surface area contributed by atoms with Gasteiger partial charge in [0.25, 0.3) is 0 Å². The third kappa shape index (κ3) is 3.97. The van der Waals surface area contributed by atoms with Crippen molar-refractivity contribution in [3.05, 3.63) is 59.5 Å². The maximum atomic E-state index is 5.96. The molecular weight excluding hydrogens is 320 g/mol. The van der Waals surface area contributed by atoms with E-state index in [0.717, 1.165) is 16.7 Å². The second-order valence-electron chi connectivity index (χ2n) is 5.50. The summed E-state index contributed by atoms with van der Waals surface area (Å²) in [5, 5.41) is 4.01. The fraction of sp³-hybridized carbons (Fsp3) is 0.263. The molecule has 6 nitrogen and oxygen atoms in total. The van der Waals surface area contributed by atoms with E-state index in [4.69, 9.17) is 18.7 Å². The van der Waals surface area contributed by atoms with Crippen LogP contribution in [-0.2, 0) is 18.0 Å². The number of aromatic nitrogens is 2. The van der Waals surface area contributed by atoms with Crippen molar-refractivity contribution in [1.29, 1.82) is 0 Å². The Labute approximate surface area is 146 Å². The van der Waals surface area contributed by atoms with Crippen LogP contribution >= 0.6 is 0 Å². The summed E-state index contributed by atoms with van der Waals surface area (Å²) in [6.45, 7) is 2.59. The molecule has 1 heterocycles. The summed E-state index contributed by atoms with van der Waals surface area (Å²) in [7, 11) is 3.25. The molecule has 0 unspecified atom stereocenters. The Kier molecular flexibility index (Phi) is 5.30. The van der Waals surface area contributed by atoms with E-state index in [1.54, 1.807) is 21.1 Å². The molecule has 0 fully saturated rings. The number of ether oxygens (including phenoxy) is 3. The number of benzene rings is 2. The number of methoxy groups -OCH3 is 2. The molecule has 2 aromatic carbocycles. The largest absolute Gasteiger partial charge is 0.493 e. The van der Waals surface area contributed by atoms with E-state index in [1.807, 2.05) is 42.5 Å². The average Bonchev–Trinajstić information content (AvgIpc) is 3.07. The molecule has 6 heteroatoms. The van der Waals surface area contributed by atoms with Gasteiger partial charge >= 0.3 is 0 Å². The van der Waals surface area contributed by atoms with Gasteiger partial charge in [-0.25, -0.2) is 0 Å². The first-order chi connectivity index (χ1) is 12.2. The van der Waals surface area contributed by atoms with Gasteiger partial charge in [-0.05, 0) is 23.3 Å². The number of nitrogens with zero attached hydrogens (tertiary/aromatic N) is 2. The van der Waals surface area contributed by atoms with Crippen molar-refractivity contribution in [3.8, 4) is 22.9 Å². The summed E-state index contributed by atoms with van der Waals surface area (Å²) in [4.78, 5) is 4.31. The summed E-state index contributed by atoms with van der Waals surface area (Å²) in [5.41, 5.74) is 2.76. The van der Waals surface area contributed by atoms with Gasteiger partial charge in [0.15, 0.2) is 11.5 Å². The van der Waals surface area contributed by atoms with Gasteiger partial charge in [-0.1, -0.05) is 35.5 Å². The van der Waals surface area contributed by atoms with Gasteiger partial charge in [0.05, 0.1) is 13.7 Å². The second-order valence-corrected chi connectivity index (χ2v) is 5.50. The Bertz CT molecular complexity index is 831. The molecule has 25 heavy (non-hydrogen) atoms. The van der Waals surface area contributed by atoms with Gasteiger partial charge in [0.2, 0.25) is 11.7 Å². The van der Waals surface area contributed by atoms with E-state index in [1.165, 1.54) is 0 Å². The Morgan fingerprint density at radius 2 is 1.80 bits per heavy atom. The molecule has 0 radical (unpaired) electrons. The fourth-order valence-corrected chi connectivity index (χ4v) is 2.50. The van der Waals surface area contributed by atoms with Crippen molar-refractivity contribution < 1.29 is 18.7 Å². The minimum absolute atomic E-state index is 0.401. The van der Waals surface area contributed by atoms with Crippen LogP contribution in [0.25, 0.3) is 11.4 Å². The third-order valence-electron chi connectivity index (χ3n) is 3.69. The Morgan fingerprint density at radius 1 is 1.00 bits per heavy atom. The number of rotatable bonds is 7. The summed E-state index contributed by atoms with van der Waals surface area (Å²) >= 11 is 0. The summed E-state index contributed by atoms with van der Waals surface area (Å²) in [6, 6.07) is 13.7. The van der Waals surface area contributed by atoms with Crippen LogP contribution in [0, 0.1) is 6.92 Å². The van der Waals surface area contributed by atoms with E-state index in [-0.39, 0.29) is 0 Å². The zero-order valence-corrected chi connectivity index (χ0v) is 14.5. The number of hydrogen-bond donors (Lipinski definition) is 0. The lowest BCUT2D eigenvalue weighted by atomic mass is 10.1. The first-order valence-electron chi connectivity index (χ1n) is 7.88. The Balaban J connectivity index is 1.96. The molecule has 0 spiro atoms. The van der Waals surface area contributed by atoms with Crippen molar-refractivity contribution in [3.63, 3.8) is 0 Å². The van der Waals surface area contributed by atoms with Gasteiger partial charge < -0.3 is 18.7 Å². The minimum atomic E-state index is 0.401. The standard InChI is InChI=1S/C19H20N2O4/c1-13-20-19(21-25-13)16-10-18(17(23-3)9-15(16)12-22-2)24-11-14-7-5-4-6-8-14/h4-10H,11-12H2,1-3H3. The predicted octanol–water partition coefficient (Wildman–Crippen LogP) is 3.78. The zero-order chi connectivity index (χ0) is 17.6. The first kappa shape index (κ1) is 17.0. The second kappa shape index (κ2) is 7.81. The smallest absolute Gasteiger partial charge is 0.223 e. The lowest BCUT2D eigenvalue weighted by Crippen LogP contribution is -2.01. The van der Waals surface area contributed by atoms with Crippen molar-refractivity contribution >= 4 is 0 Å². The number of hydrogen-bond acceptors (Lipinski definition) is 6. The van der Waals surface area contributed by atoms with Crippen LogP contribution in [0.2, 0.25) is 0 Å². The SMILES string of the molecule is COCc1cc(OC)c(OCc2ccccc2)cc1-c1noc(C)n1. The molecule has 0 aliphatic heterocycles. The third-order valence-corrected chi connectivity index (χ3v) is 3.69. The van der Waals surface area contributed by atoms with E-state index < -0.39 is 0 Å². The first-order valence-corrected chi connectivity index (χ1v) is 7.88. The molecule has 0 saturated heterocycles. The van der Waals surface area contributed by atoms with E-state index in [2.05, 4.69) is 10.1 Å². The monoisotopic (exact) mass is 340 g/mol. The van der Waals surface area contributed by atoms with Crippen molar-refractivity contribution in [2.45, 2.75) is 20.1 Å². The molecule has 0 saturated carbocycles. The van der Waals surface area contributed by atoms with Crippen LogP contribution in [0.5, 0.6) is 11.5 Å². The highest BCUT2D eigenvalue weighted by molar-refractivity contribution is 5.65. The molecule has 0 aliphatic rings. The van der Waals surface area contributed by atoms with Gasteiger partial charge in [0, 0.05) is 19.6 Å². The fourth-order valence-electron chi connectivity index (χ4n) is 2.50. The molecule has 3 aromatic rings. The topological polar surface area (TPSA) is 66.6 Å². The summed E-state index contributed by atoms with van der Waals surface area (Å²) in [5.74, 6) is 2.24. The molecule has 0 amide bonds. The zero-order valence-electron chi connectivity index (χ0n) is 14.5. The van der Waals surface area contributed by atoms with Crippen LogP contribution in [-0.4, -0.2) is 24.4 Å². The average molecular weight is 340 g/mol. The highest BCUT2D eigenvalue weighted by atomic mass is 16.5. The van der Waals surface area contributed by atoms with Gasteiger partial charge in [0.1, 0.15) is 6.61 Å². The van der Waals surface area contributed by atoms with Crippen LogP contribution in [0.1, 0.15) is 17.0 Å². The quantitative estimate of drug-likeness (QED) is 0.652. The van der Waals surface area contributed by atoms with Crippen LogP contribution in [0.4, 0.5) is 0 Å². The maximum Gasteiger partial charge on any atom is 0.223 e. The highest BCUT2D eigenvalue weighted by Crippen LogP contribution is 2.35. The lowest BCUT2D eigenvalue weighted by Gasteiger charge is -2.15. The van der Waals surface area contributed by atoms with E-state index in [9.17, 15) is 0 Å². The molecule has 0 aliphatic carbocycles. The van der Waals surface area contributed by atoms with Crippen LogP contribution in [0.15, 0.2) is 47.0 Å². The van der Waals surface area contributed by atoms with Gasteiger partial charge in [-0.2, -0.15) is 4.98 Å². The molecule has 0 bridgehead atoms. The molecule has 130 valence electrons. The van der Waals surface area contributed by atoms with E-state index >= 15 is 0 Å². The van der Waals surface area contributed by atoms with Gasteiger partial charge in [-0.3, -0.25) is 0 Å². The van der Waals surface area contributed by atoms with Crippen LogP contribution in [0.3, 0.4) is 0 Å². The minimum Gasteiger partial charge on any atom is -0.493 e. The maximum absolute atomic E-state index is 5.96. The predicted molar refractivity (Wildman–Crippen MR) is 92.5 cm³/mol. The Hall–Kier alpha value is -2.86.